The highest BCUT2D eigenvalue weighted by molar-refractivity contribution is 5.34. The van der Waals surface area contributed by atoms with Gasteiger partial charge in [0.2, 0.25) is 12.2 Å². The third kappa shape index (κ3) is 13.3. The van der Waals surface area contributed by atoms with Crippen molar-refractivity contribution in [3.05, 3.63) is 0 Å². The van der Waals surface area contributed by atoms with Gasteiger partial charge in [-0.05, 0) is 58.3 Å². The van der Waals surface area contributed by atoms with Gasteiger partial charge in [0.1, 0.15) is 0 Å². The smallest absolute Gasteiger partial charge is 0.235 e. The Balaban J connectivity index is 0. The highest BCUT2D eigenvalue weighted by Gasteiger charge is 2.40. The van der Waals surface area contributed by atoms with Gasteiger partial charge in [-0.1, -0.05) is 66.7 Å². The minimum Gasteiger partial charge on any atom is -0.396 e. The fourth-order valence-electron chi connectivity index (χ4n) is 4.49. The molecule has 0 radical (unpaired) electrons. The normalized spacial score (nSPS) is 15.8. The van der Waals surface area contributed by atoms with Crippen LogP contribution in [0.2, 0.25) is 0 Å². The SMILES string of the molecule is CCCCC(CC)(CO)C(O)C(CCCC(C)C(C)(C)N=C=O)N=C=O.CCCCC(CC)(CO)CO. The van der Waals surface area contributed by atoms with Crippen LogP contribution < -0.4 is 0 Å². The van der Waals surface area contributed by atoms with E-state index in [1.54, 1.807) is 12.2 Å². The molecule has 4 N–H and O–H groups in total. The van der Waals surface area contributed by atoms with E-state index in [4.69, 9.17) is 10.2 Å². The van der Waals surface area contributed by atoms with E-state index >= 15 is 0 Å². The summed E-state index contributed by atoms with van der Waals surface area (Å²) in [6.45, 7) is 14.0. The zero-order valence-corrected chi connectivity index (χ0v) is 24.6. The monoisotopic (exact) mass is 528 g/mol. The molecular formula is C29H56N2O6. The molecule has 0 saturated heterocycles. The Morgan fingerprint density at radius 3 is 1.76 bits per heavy atom. The first-order valence-corrected chi connectivity index (χ1v) is 14.2. The molecule has 8 nitrogen and oxygen atoms in total. The minimum atomic E-state index is -0.887. The van der Waals surface area contributed by atoms with Crippen LogP contribution in [0.3, 0.4) is 0 Å². The van der Waals surface area contributed by atoms with Crippen LogP contribution in [0.1, 0.15) is 119 Å². The summed E-state index contributed by atoms with van der Waals surface area (Å²) in [5.41, 5.74) is -1.35. The third-order valence-electron chi connectivity index (χ3n) is 8.42. The lowest BCUT2D eigenvalue weighted by atomic mass is 9.72. The molecule has 0 aliphatic rings. The lowest BCUT2D eigenvalue weighted by Crippen LogP contribution is -2.45. The maximum absolute atomic E-state index is 10.9. The second-order valence-corrected chi connectivity index (χ2v) is 11.2. The fourth-order valence-corrected chi connectivity index (χ4v) is 4.49. The molecule has 0 aromatic rings. The second-order valence-electron chi connectivity index (χ2n) is 11.2. The number of nitrogens with zero attached hydrogens (tertiary/aromatic N) is 2. The summed E-state index contributed by atoms with van der Waals surface area (Å²) in [6.07, 6.45) is 11.5. The average Bonchev–Trinajstić information content (AvgIpc) is 2.90. The molecule has 4 unspecified atom stereocenters. The van der Waals surface area contributed by atoms with E-state index in [0.717, 1.165) is 51.4 Å². The van der Waals surface area contributed by atoms with Gasteiger partial charge in [0, 0.05) is 10.8 Å². The van der Waals surface area contributed by atoms with E-state index in [9.17, 15) is 19.8 Å². The number of rotatable bonds is 20. The van der Waals surface area contributed by atoms with Crippen LogP contribution in [0.25, 0.3) is 0 Å². The maximum Gasteiger partial charge on any atom is 0.235 e. The first-order chi connectivity index (χ1) is 17.5. The quantitative estimate of drug-likeness (QED) is 0.128. The predicted molar refractivity (Wildman–Crippen MR) is 149 cm³/mol. The van der Waals surface area contributed by atoms with E-state index in [2.05, 4.69) is 23.8 Å². The lowest BCUT2D eigenvalue weighted by molar-refractivity contribution is -0.0428. The van der Waals surface area contributed by atoms with Gasteiger partial charge in [0.15, 0.2) is 0 Å². The highest BCUT2D eigenvalue weighted by Crippen LogP contribution is 2.36. The summed E-state index contributed by atoms with van der Waals surface area (Å²) in [5, 5.41) is 38.9. The van der Waals surface area contributed by atoms with Crippen molar-refractivity contribution in [2.24, 2.45) is 26.7 Å². The van der Waals surface area contributed by atoms with Crippen molar-refractivity contribution < 1.29 is 30.0 Å². The molecule has 218 valence electrons. The maximum atomic E-state index is 10.9. The van der Waals surface area contributed by atoms with Crippen LogP contribution in [0, 0.1) is 16.7 Å². The van der Waals surface area contributed by atoms with Gasteiger partial charge in [-0.25, -0.2) is 9.59 Å². The number of aliphatic hydroxyl groups is 4. The van der Waals surface area contributed by atoms with Crippen LogP contribution in [-0.4, -0.2) is 70.1 Å². The summed E-state index contributed by atoms with van der Waals surface area (Å²) in [4.78, 5) is 29.1. The Morgan fingerprint density at radius 2 is 1.35 bits per heavy atom. The number of aliphatic imine (C=N–C) groups is 2. The van der Waals surface area contributed by atoms with E-state index in [0.29, 0.717) is 19.3 Å². The third-order valence-corrected chi connectivity index (χ3v) is 8.42. The van der Waals surface area contributed by atoms with Crippen molar-refractivity contribution in [2.45, 2.75) is 137 Å². The first kappa shape index (κ1) is 37.8. The lowest BCUT2D eigenvalue weighted by Gasteiger charge is -2.38. The second kappa shape index (κ2) is 20.5. The molecule has 0 fully saturated rings. The Kier molecular flexibility index (Phi) is 21.0. The standard InChI is InChI=1S/C20H36N2O4.C9H20O2/c1-6-8-12-20(7-2,13-23)18(26)17(21-14-24)11-9-10-16(3)19(4,5)22-15-25;1-3-5-6-9(4-2,7-10)8-11/h16-18,23,26H,6-13H2,1-5H3;10-11H,3-8H2,1-2H3. The van der Waals surface area contributed by atoms with Gasteiger partial charge in [0.25, 0.3) is 0 Å². The van der Waals surface area contributed by atoms with Gasteiger partial charge in [-0.2, -0.15) is 9.98 Å². The molecule has 0 aromatic heterocycles. The number of hydrogen-bond acceptors (Lipinski definition) is 8. The van der Waals surface area contributed by atoms with Crippen LogP contribution in [0.5, 0.6) is 0 Å². The zero-order valence-electron chi connectivity index (χ0n) is 24.6. The Labute approximate surface area is 225 Å². The van der Waals surface area contributed by atoms with Crippen LogP contribution in [0.15, 0.2) is 9.98 Å². The molecule has 0 rings (SSSR count). The van der Waals surface area contributed by atoms with Gasteiger partial charge >= 0.3 is 0 Å². The number of carbonyl (C=O) groups excluding carboxylic acids is 2. The number of hydrogen-bond donors (Lipinski definition) is 4. The fraction of sp³-hybridized carbons (Fsp3) is 0.931. The van der Waals surface area contributed by atoms with Gasteiger partial charge in [-0.3, -0.25) is 0 Å². The van der Waals surface area contributed by atoms with Gasteiger partial charge in [0.05, 0.1) is 37.5 Å². The molecule has 0 bridgehead atoms. The number of aliphatic hydroxyl groups excluding tert-OH is 4. The van der Waals surface area contributed by atoms with Crippen LogP contribution >= 0.6 is 0 Å². The number of unbranched alkanes of at least 4 members (excludes halogenated alkanes) is 2. The summed E-state index contributed by atoms with van der Waals surface area (Å²) < 4.78 is 0. The van der Waals surface area contributed by atoms with Crippen molar-refractivity contribution in [3.8, 4) is 0 Å². The van der Waals surface area contributed by atoms with E-state index in [-0.39, 0.29) is 31.2 Å². The van der Waals surface area contributed by atoms with E-state index in [1.807, 2.05) is 34.6 Å². The van der Waals surface area contributed by atoms with Crippen molar-refractivity contribution >= 4 is 12.2 Å². The van der Waals surface area contributed by atoms with E-state index < -0.39 is 23.1 Å². The topological polar surface area (TPSA) is 140 Å². The van der Waals surface area contributed by atoms with Crippen molar-refractivity contribution in [2.75, 3.05) is 19.8 Å². The Hall–Kier alpha value is -1.40. The zero-order chi connectivity index (χ0) is 29.0. The van der Waals surface area contributed by atoms with Crippen LogP contribution in [-0.2, 0) is 9.59 Å². The van der Waals surface area contributed by atoms with E-state index in [1.165, 1.54) is 0 Å². The molecule has 4 atom stereocenters. The molecule has 0 saturated carbocycles. The van der Waals surface area contributed by atoms with Gasteiger partial charge < -0.3 is 20.4 Å². The molecule has 0 heterocycles. The summed E-state index contributed by atoms with van der Waals surface area (Å²) in [5.74, 6) is 0.149. The van der Waals surface area contributed by atoms with Gasteiger partial charge in [-0.15, -0.1) is 0 Å². The highest BCUT2D eigenvalue weighted by atomic mass is 16.3. The molecular weight excluding hydrogens is 472 g/mol. The summed E-state index contributed by atoms with van der Waals surface area (Å²) >= 11 is 0. The summed E-state index contributed by atoms with van der Waals surface area (Å²) in [6, 6.07) is -0.582. The predicted octanol–water partition coefficient (Wildman–Crippen LogP) is 5.11. The Bertz CT molecular complexity index is 655. The first-order valence-electron chi connectivity index (χ1n) is 14.2. The van der Waals surface area contributed by atoms with Crippen molar-refractivity contribution in [1.82, 2.24) is 0 Å². The number of isocyanates is 2. The molecule has 0 aliphatic carbocycles. The molecule has 8 heteroatoms. The molecule has 0 amide bonds. The van der Waals surface area contributed by atoms with Crippen LogP contribution in [0.4, 0.5) is 0 Å². The average molecular weight is 529 g/mol. The largest absolute Gasteiger partial charge is 0.396 e. The molecule has 37 heavy (non-hydrogen) atoms. The van der Waals surface area contributed by atoms with Crippen molar-refractivity contribution in [1.29, 1.82) is 0 Å². The Morgan fingerprint density at radius 1 is 0.784 bits per heavy atom. The molecule has 0 aromatic carbocycles. The summed E-state index contributed by atoms with van der Waals surface area (Å²) in [7, 11) is 0. The molecule has 0 aliphatic heterocycles. The minimum absolute atomic E-state index is 0.111. The van der Waals surface area contributed by atoms with Crippen molar-refractivity contribution in [3.63, 3.8) is 0 Å². The molecule has 0 spiro atoms.